The van der Waals surface area contributed by atoms with Gasteiger partial charge in [0.15, 0.2) is 11.5 Å². The fraction of sp³-hybridized carbons (Fsp3) is 0.286. The van der Waals surface area contributed by atoms with Crippen LogP contribution in [0.25, 0.3) is 0 Å². The van der Waals surface area contributed by atoms with Gasteiger partial charge in [0.2, 0.25) is 0 Å². The molecule has 2 atom stereocenters. The van der Waals surface area contributed by atoms with Crippen molar-refractivity contribution in [3.8, 4) is 17.2 Å². The molecule has 0 aromatic heterocycles. The Balaban J connectivity index is 1.85. The van der Waals surface area contributed by atoms with Gasteiger partial charge >= 0.3 is 12.0 Å². The van der Waals surface area contributed by atoms with Crippen LogP contribution < -0.4 is 14.8 Å². The van der Waals surface area contributed by atoms with Gasteiger partial charge in [0, 0.05) is 5.71 Å². The second kappa shape index (κ2) is 9.17. The molecule has 9 heteroatoms. The monoisotopic (exact) mass is 476 g/mol. The fourth-order valence-corrected chi connectivity index (χ4v) is 3.66. The number of amides is 2. The van der Waals surface area contributed by atoms with Gasteiger partial charge in [-0.15, -0.1) is 0 Å². The maximum atomic E-state index is 12.9. The summed E-state index contributed by atoms with van der Waals surface area (Å²) in [5.74, 6) is -0.524. The lowest BCUT2D eigenvalue weighted by Crippen LogP contribution is -2.44. The molecule has 0 saturated carbocycles. The Labute approximate surface area is 182 Å². The van der Waals surface area contributed by atoms with Crippen LogP contribution in [0.3, 0.4) is 0 Å². The predicted molar refractivity (Wildman–Crippen MR) is 113 cm³/mol. The number of rotatable bonds is 6. The number of phenolic OH excluding ortho intramolecular Hbond substituents is 1. The number of hydrogen-bond donors (Lipinski definition) is 2. The van der Waals surface area contributed by atoms with E-state index in [0.29, 0.717) is 21.5 Å². The van der Waals surface area contributed by atoms with Gasteiger partial charge in [-0.2, -0.15) is 0 Å². The number of nitrogens with one attached hydrogen (secondary N) is 1. The molecule has 30 heavy (non-hydrogen) atoms. The number of methoxy groups -OCH3 is 2. The van der Waals surface area contributed by atoms with Crippen LogP contribution in [-0.2, 0) is 16.1 Å². The quantitative estimate of drug-likeness (QED) is 0.614. The molecule has 158 valence electrons. The van der Waals surface area contributed by atoms with Gasteiger partial charge in [0.25, 0.3) is 0 Å². The Bertz CT molecular complexity index is 990. The fourth-order valence-electron chi connectivity index (χ4n) is 3.20. The Morgan fingerprint density at radius 2 is 1.90 bits per heavy atom. The van der Waals surface area contributed by atoms with Crippen LogP contribution in [0, 0.1) is 5.92 Å². The van der Waals surface area contributed by atoms with E-state index in [9.17, 15) is 14.7 Å². The van der Waals surface area contributed by atoms with Crippen molar-refractivity contribution in [1.29, 1.82) is 0 Å². The molecule has 1 aliphatic heterocycles. The molecular weight excluding hydrogens is 456 g/mol. The molecule has 0 spiro atoms. The van der Waals surface area contributed by atoms with Gasteiger partial charge in [-0.3, -0.25) is 4.79 Å². The summed E-state index contributed by atoms with van der Waals surface area (Å²) in [5, 5.41) is 12.8. The lowest BCUT2D eigenvalue weighted by molar-refractivity contribution is -0.148. The third kappa shape index (κ3) is 4.56. The van der Waals surface area contributed by atoms with Gasteiger partial charge in [0.1, 0.15) is 18.3 Å². The second-order valence-corrected chi connectivity index (χ2v) is 7.52. The van der Waals surface area contributed by atoms with E-state index in [2.05, 4.69) is 26.2 Å². The highest BCUT2D eigenvalue weighted by Gasteiger charge is 2.38. The van der Waals surface area contributed by atoms with Crippen LogP contribution in [0.5, 0.6) is 17.2 Å². The maximum absolute atomic E-state index is 12.9. The van der Waals surface area contributed by atoms with Gasteiger partial charge in [-0.25, -0.2) is 9.79 Å². The minimum absolute atomic E-state index is 0.0653. The third-order valence-corrected chi connectivity index (χ3v) is 5.37. The van der Waals surface area contributed by atoms with E-state index in [-0.39, 0.29) is 18.1 Å². The van der Waals surface area contributed by atoms with Crippen molar-refractivity contribution in [3.05, 3.63) is 52.0 Å². The normalized spacial score (nSPS) is 18.3. The molecule has 3 rings (SSSR count). The first-order valence-corrected chi connectivity index (χ1v) is 9.85. The number of hydrogen-bond acceptors (Lipinski definition) is 6. The highest BCUT2D eigenvalue weighted by molar-refractivity contribution is 9.10. The second-order valence-electron chi connectivity index (χ2n) is 6.67. The van der Waals surface area contributed by atoms with E-state index >= 15 is 0 Å². The number of benzene rings is 2. The molecule has 2 amide bonds. The summed E-state index contributed by atoms with van der Waals surface area (Å²) in [4.78, 5) is 28.8. The van der Waals surface area contributed by atoms with Crippen LogP contribution in [0.4, 0.5) is 4.79 Å². The zero-order valence-electron chi connectivity index (χ0n) is 16.6. The molecule has 1 heterocycles. The lowest BCUT2D eigenvalue weighted by atomic mass is 9.88. The van der Waals surface area contributed by atoms with Crippen LogP contribution in [-0.4, -0.2) is 37.0 Å². The number of urea groups is 1. The van der Waals surface area contributed by atoms with Gasteiger partial charge in [-0.1, -0.05) is 12.1 Å². The summed E-state index contributed by atoms with van der Waals surface area (Å²) >= 11 is 3.27. The molecule has 2 N–H and O–H groups in total. The van der Waals surface area contributed by atoms with Crippen LogP contribution in [0.2, 0.25) is 0 Å². The average Bonchev–Trinajstić information content (AvgIpc) is 2.73. The lowest BCUT2D eigenvalue weighted by Gasteiger charge is -2.30. The number of phenols is 1. The van der Waals surface area contributed by atoms with E-state index in [1.165, 1.54) is 7.11 Å². The number of carbonyl (C=O) groups excluding carboxylic acids is 2. The Hall–Kier alpha value is -3.07. The summed E-state index contributed by atoms with van der Waals surface area (Å²) in [6.45, 7) is 1.67. The van der Waals surface area contributed by atoms with Gasteiger partial charge in [0.05, 0.1) is 24.7 Å². The van der Waals surface area contributed by atoms with Crippen molar-refractivity contribution in [1.82, 2.24) is 5.32 Å². The highest BCUT2D eigenvalue weighted by Crippen LogP contribution is 2.39. The Morgan fingerprint density at radius 3 is 2.53 bits per heavy atom. The molecule has 0 bridgehead atoms. The number of carbonyl (C=O) groups is 2. The average molecular weight is 477 g/mol. The molecule has 0 aliphatic carbocycles. The maximum Gasteiger partial charge on any atom is 0.341 e. The van der Waals surface area contributed by atoms with E-state index in [1.54, 1.807) is 50.4 Å². The Kier molecular flexibility index (Phi) is 6.61. The zero-order chi connectivity index (χ0) is 21.8. The first-order valence-electron chi connectivity index (χ1n) is 9.05. The number of aromatic hydroxyl groups is 1. The van der Waals surface area contributed by atoms with Crippen molar-refractivity contribution in [3.63, 3.8) is 0 Å². The number of ether oxygens (including phenoxy) is 3. The predicted octanol–water partition coefficient (Wildman–Crippen LogP) is 3.76. The zero-order valence-corrected chi connectivity index (χ0v) is 18.2. The largest absolute Gasteiger partial charge is 0.503 e. The van der Waals surface area contributed by atoms with Crippen molar-refractivity contribution < 1.29 is 28.9 Å². The smallest absolute Gasteiger partial charge is 0.341 e. The summed E-state index contributed by atoms with van der Waals surface area (Å²) < 4.78 is 16.2. The SMILES string of the molecule is COc1ccc(COC(=O)C2C(C)=NC(=O)NC2c2cc(Br)c(O)c(OC)c2)cc1. The first kappa shape index (κ1) is 21.6. The van der Waals surface area contributed by atoms with E-state index in [4.69, 9.17) is 14.2 Å². The van der Waals surface area contributed by atoms with Crippen LogP contribution in [0.1, 0.15) is 24.1 Å². The van der Waals surface area contributed by atoms with E-state index < -0.39 is 24.0 Å². The molecule has 0 radical (unpaired) electrons. The molecule has 0 fully saturated rings. The molecule has 2 aromatic carbocycles. The van der Waals surface area contributed by atoms with E-state index in [0.717, 1.165) is 5.56 Å². The molecule has 0 saturated heterocycles. The van der Waals surface area contributed by atoms with Crippen molar-refractivity contribution in [2.24, 2.45) is 10.9 Å². The minimum atomic E-state index is -0.831. The number of aliphatic imine (C=N–C) groups is 1. The standard InChI is InChI=1S/C21H21BrN2O6/c1-11-17(20(26)30-10-12-4-6-14(28-2)7-5-12)18(24-21(27)23-11)13-8-15(22)19(25)16(9-13)29-3/h4-9,17-18,25H,10H2,1-3H3,(H,24,27). The van der Waals surface area contributed by atoms with Gasteiger partial charge < -0.3 is 24.6 Å². The summed E-state index contributed by atoms with van der Waals surface area (Å²) in [5.41, 5.74) is 1.70. The van der Waals surface area contributed by atoms with Crippen LogP contribution in [0.15, 0.2) is 45.9 Å². The molecule has 2 unspecified atom stereocenters. The summed E-state index contributed by atoms with van der Waals surface area (Å²) in [7, 11) is 2.99. The third-order valence-electron chi connectivity index (χ3n) is 4.76. The molecular formula is C21H21BrN2O6. The molecule has 2 aromatic rings. The minimum Gasteiger partial charge on any atom is -0.503 e. The summed E-state index contributed by atoms with van der Waals surface area (Å²) in [6, 6.07) is 9.05. The molecule has 1 aliphatic rings. The number of halogens is 1. The Morgan fingerprint density at radius 1 is 1.20 bits per heavy atom. The van der Waals surface area contributed by atoms with Crippen molar-refractivity contribution in [2.45, 2.75) is 19.6 Å². The summed E-state index contributed by atoms with van der Waals surface area (Å²) in [6.07, 6.45) is 0. The van der Waals surface area contributed by atoms with Gasteiger partial charge in [-0.05, 0) is 58.2 Å². The highest BCUT2D eigenvalue weighted by atomic mass is 79.9. The van der Waals surface area contributed by atoms with Crippen molar-refractivity contribution >= 4 is 33.6 Å². The number of esters is 1. The van der Waals surface area contributed by atoms with Crippen LogP contribution >= 0.6 is 15.9 Å². The van der Waals surface area contributed by atoms with Crippen molar-refractivity contribution in [2.75, 3.05) is 14.2 Å². The topological polar surface area (TPSA) is 106 Å². The number of nitrogens with zero attached hydrogens (tertiary/aromatic N) is 1. The molecule has 8 nitrogen and oxygen atoms in total. The van der Waals surface area contributed by atoms with E-state index in [1.807, 2.05) is 0 Å². The first-order chi connectivity index (χ1) is 14.3.